The van der Waals surface area contributed by atoms with Crippen molar-refractivity contribution in [3.8, 4) is 5.75 Å². The van der Waals surface area contributed by atoms with E-state index in [2.05, 4.69) is 29.2 Å². The van der Waals surface area contributed by atoms with Gasteiger partial charge in [0.2, 0.25) is 5.91 Å². The van der Waals surface area contributed by atoms with Crippen LogP contribution in [-0.2, 0) is 17.9 Å². The van der Waals surface area contributed by atoms with Crippen LogP contribution in [0.1, 0.15) is 31.0 Å². The fourth-order valence-electron chi connectivity index (χ4n) is 3.43. The summed E-state index contributed by atoms with van der Waals surface area (Å²) >= 11 is 0. The number of benzene rings is 1. The number of ether oxygens (including phenoxy) is 1. The van der Waals surface area contributed by atoms with Gasteiger partial charge in [0.1, 0.15) is 5.75 Å². The average molecular weight is 342 g/mol. The zero-order valence-electron chi connectivity index (χ0n) is 15.2. The van der Waals surface area contributed by atoms with Crippen molar-refractivity contribution in [1.29, 1.82) is 0 Å². The van der Waals surface area contributed by atoms with E-state index in [9.17, 15) is 4.79 Å². The monoisotopic (exact) mass is 342 g/mol. The Balaban J connectivity index is 1.87. The topological polar surface area (TPSA) is 50.6 Å². The second-order valence-electron chi connectivity index (χ2n) is 6.40. The van der Waals surface area contributed by atoms with Crippen LogP contribution in [0.3, 0.4) is 0 Å². The smallest absolute Gasteiger partial charge is 0.219 e. The lowest BCUT2D eigenvalue weighted by Gasteiger charge is -2.41. The van der Waals surface area contributed by atoms with Crippen LogP contribution in [0.25, 0.3) is 0 Å². The van der Waals surface area contributed by atoms with Crippen molar-refractivity contribution in [1.82, 2.24) is 19.6 Å². The molecule has 6 heteroatoms. The van der Waals surface area contributed by atoms with E-state index in [1.165, 1.54) is 5.56 Å². The fraction of sp³-hybridized carbons (Fsp3) is 0.474. The lowest BCUT2D eigenvalue weighted by molar-refractivity contribution is -0.132. The molecule has 1 saturated heterocycles. The van der Waals surface area contributed by atoms with Crippen LogP contribution in [0, 0.1) is 0 Å². The van der Waals surface area contributed by atoms with Gasteiger partial charge in [0.05, 0.1) is 19.3 Å². The SMILES string of the molecule is CCn1cc(CN2CCN(C(C)=O)C[C@@H]2c2ccccc2OC)cn1. The summed E-state index contributed by atoms with van der Waals surface area (Å²) in [6.07, 6.45) is 4.02. The minimum atomic E-state index is 0.110. The number of rotatable bonds is 5. The molecular weight excluding hydrogens is 316 g/mol. The molecule has 0 saturated carbocycles. The molecule has 134 valence electrons. The summed E-state index contributed by atoms with van der Waals surface area (Å²) in [6.45, 7) is 7.67. The van der Waals surface area contributed by atoms with Crippen molar-refractivity contribution in [3.05, 3.63) is 47.8 Å². The number of carbonyl (C=O) groups is 1. The van der Waals surface area contributed by atoms with Crippen molar-refractivity contribution < 1.29 is 9.53 Å². The van der Waals surface area contributed by atoms with Gasteiger partial charge in [-0.25, -0.2) is 0 Å². The zero-order chi connectivity index (χ0) is 17.8. The van der Waals surface area contributed by atoms with Crippen LogP contribution in [0.5, 0.6) is 5.75 Å². The van der Waals surface area contributed by atoms with Crippen molar-refractivity contribution in [3.63, 3.8) is 0 Å². The minimum absolute atomic E-state index is 0.110. The van der Waals surface area contributed by atoms with E-state index in [1.54, 1.807) is 14.0 Å². The third kappa shape index (κ3) is 3.85. The molecule has 2 aromatic rings. The van der Waals surface area contributed by atoms with Crippen molar-refractivity contribution in [2.24, 2.45) is 0 Å². The maximum atomic E-state index is 11.9. The Morgan fingerprint density at radius 2 is 2.12 bits per heavy atom. The van der Waals surface area contributed by atoms with Gasteiger partial charge in [-0.3, -0.25) is 14.4 Å². The number of nitrogens with zero attached hydrogens (tertiary/aromatic N) is 4. The molecule has 0 N–H and O–H groups in total. The molecule has 6 nitrogen and oxygen atoms in total. The molecular formula is C19H26N4O2. The highest BCUT2D eigenvalue weighted by Gasteiger charge is 2.31. The number of amides is 1. The first-order valence-corrected chi connectivity index (χ1v) is 8.76. The Kier molecular flexibility index (Phi) is 5.38. The first kappa shape index (κ1) is 17.5. The molecule has 1 aliphatic rings. The highest BCUT2D eigenvalue weighted by Crippen LogP contribution is 2.33. The highest BCUT2D eigenvalue weighted by atomic mass is 16.5. The Bertz CT molecular complexity index is 728. The number of para-hydroxylation sites is 1. The van der Waals surface area contributed by atoms with Crippen LogP contribution in [0.2, 0.25) is 0 Å². The maximum Gasteiger partial charge on any atom is 0.219 e. The van der Waals surface area contributed by atoms with Gasteiger partial charge < -0.3 is 9.64 Å². The molecule has 1 aromatic carbocycles. The fourth-order valence-corrected chi connectivity index (χ4v) is 3.43. The average Bonchev–Trinajstić information content (AvgIpc) is 3.09. The van der Waals surface area contributed by atoms with E-state index in [4.69, 9.17) is 4.74 Å². The molecule has 0 spiro atoms. The number of aryl methyl sites for hydroxylation is 1. The predicted octanol–water partition coefficient (Wildman–Crippen LogP) is 2.32. The van der Waals surface area contributed by atoms with E-state index in [0.29, 0.717) is 6.54 Å². The predicted molar refractivity (Wildman–Crippen MR) is 96.3 cm³/mol. The number of hydrogen-bond donors (Lipinski definition) is 0. The van der Waals surface area contributed by atoms with Gasteiger partial charge in [0.15, 0.2) is 0 Å². The van der Waals surface area contributed by atoms with Gasteiger partial charge in [-0.2, -0.15) is 5.10 Å². The number of carbonyl (C=O) groups excluding carboxylic acids is 1. The molecule has 1 amide bonds. The van der Waals surface area contributed by atoms with Crippen LogP contribution < -0.4 is 4.74 Å². The Hall–Kier alpha value is -2.34. The summed E-state index contributed by atoms with van der Waals surface area (Å²) in [4.78, 5) is 16.2. The van der Waals surface area contributed by atoms with Crippen LogP contribution >= 0.6 is 0 Å². The highest BCUT2D eigenvalue weighted by molar-refractivity contribution is 5.73. The molecule has 1 aliphatic heterocycles. The van der Waals surface area contributed by atoms with E-state index in [1.807, 2.05) is 34.0 Å². The van der Waals surface area contributed by atoms with Gasteiger partial charge in [0, 0.05) is 57.0 Å². The van der Waals surface area contributed by atoms with E-state index in [0.717, 1.165) is 37.5 Å². The third-order valence-corrected chi connectivity index (χ3v) is 4.83. The lowest BCUT2D eigenvalue weighted by Crippen LogP contribution is -2.49. The maximum absolute atomic E-state index is 11.9. The number of piperazine rings is 1. The molecule has 0 radical (unpaired) electrons. The quantitative estimate of drug-likeness (QED) is 0.837. The summed E-state index contributed by atoms with van der Waals surface area (Å²) in [5.41, 5.74) is 2.32. The molecule has 0 bridgehead atoms. The first-order valence-electron chi connectivity index (χ1n) is 8.76. The number of hydrogen-bond acceptors (Lipinski definition) is 4. The first-order chi connectivity index (χ1) is 12.1. The lowest BCUT2D eigenvalue weighted by atomic mass is 10.0. The van der Waals surface area contributed by atoms with Gasteiger partial charge in [-0.1, -0.05) is 18.2 Å². The van der Waals surface area contributed by atoms with Crippen LogP contribution in [0.15, 0.2) is 36.7 Å². The van der Waals surface area contributed by atoms with Crippen molar-refractivity contribution in [2.75, 3.05) is 26.7 Å². The number of aromatic nitrogens is 2. The Morgan fingerprint density at radius 1 is 1.32 bits per heavy atom. The van der Waals surface area contributed by atoms with Crippen molar-refractivity contribution >= 4 is 5.91 Å². The second-order valence-corrected chi connectivity index (χ2v) is 6.40. The molecule has 1 aromatic heterocycles. The summed E-state index contributed by atoms with van der Waals surface area (Å²) in [5.74, 6) is 0.991. The van der Waals surface area contributed by atoms with Crippen molar-refractivity contribution in [2.45, 2.75) is 33.0 Å². The van der Waals surface area contributed by atoms with Crippen LogP contribution in [0.4, 0.5) is 0 Å². The second kappa shape index (κ2) is 7.70. The molecule has 0 aliphatic carbocycles. The van der Waals surface area contributed by atoms with E-state index in [-0.39, 0.29) is 11.9 Å². The van der Waals surface area contributed by atoms with Gasteiger partial charge in [0.25, 0.3) is 0 Å². The normalized spacial score (nSPS) is 18.4. The summed E-state index contributed by atoms with van der Waals surface area (Å²) in [6, 6.07) is 8.19. The Labute approximate surface area is 149 Å². The third-order valence-electron chi connectivity index (χ3n) is 4.83. The Morgan fingerprint density at radius 3 is 2.80 bits per heavy atom. The largest absolute Gasteiger partial charge is 0.496 e. The van der Waals surface area contributed by atoms with E-state index >= 15 is 0 Å². The summed E-state index contributed by atoms with van der Waals surface area (Å²) in [5, 5.41) is 4.38. The van der Waals surface area contributed by atoms with Gasteiger partial charge >= 0.3 is 0 Å². The molecule has 0 unspecified atom stereocenters. The standard InChI is InChI=1S/C19H26N4O2/c1-4-23-13-16(11-20-23)12-22-10-9-21(15(2)24)14-18(22)17-7-5-6-8-19(17)25-3/h5-8,11,13,18H,4,9-10,12,14H2,1-3H3/t18-/m1/s1. The number of methoxy groups -OCH3 is 1. The molecule has 3 rings (SSSR count). The zero-order valence-corrected chi connectivity index (χ0v) is 15.2. The summed E-state index contributed by atoms with van der Waals surface area (Å²) < 4.78 is 7.51. The van der Waals surface area contributed by atoms with Gasteiger partial charge in [-0.05, 0) is 13.0 Å². The molecule has 1 fully saturated rings. The minimum Gasteiger partial charge on any atom is -0.496 e. The molecule has 25 heavy (non-hydrogen) atoms. The molecule has 1 atom stereocenters. The summed E-state index contributed by atoms with van der Waals surface area (Å²) in [7, 11) is 1.69. The van der Waals surface area contributed by atoms with E-state index < -0.39 is 0 Å². The van der Waals surface area contributed by atoms with Crippen LogP contribution in [-0.4, -0.2) is 52.2 Å². The molecule has 2 heterocycles. The van der Waals surface area contributed by atoms with Gasteiger partial charge in [-0.15, -0.1) is 0 Å².